The third-order valence-corrected chi connectivity index (χ3v) is 7.02. The van der Waals surface area contributed by atoms with Crippen LogP contribution in [0.1, 0.15) is 18.4 Å². The number of β-amino-alcohol motifs (C(OH)–C–C–N with tert-alkyl or cyclic N) is 1. The van der Waals surface area contributed by atoms with Crippen molar-refractivity contribution in [1.29, 1.82) is 0 Å². The number of piperazine rings is 1. The zero-order valence-electron chi connectivity index (χ0n) is 21.8. The van der Waals surface area contributed by atoms with Crippen LogP contribution in [-0.4, -0.2) is 83.2 Å². The van der Waals surface area contributed by atoms with E-state index in [-0.39, 0.29) is 18.4 Å². The van der Waals surface area contributed by atoms with Crippen molar-refractivity contribution in [2.75, 3.05) is 62.6 Å². The van der Waals surface area contributed by atoms with Crippen molar-refractivity contribution < 1.29 is 23.1 Å². The van der Waals surface area contributed by atoms with Gasteiger partial charge in [-0.25, -0.2) is 0 Å². The SMILES string of the molecule is O=C(C1CCN(c2cc(Nc3ccc(C(F)(F)F)cc3)c[nH]2)CC1)N1CCN(CCO)CC1.c1ccncc1. The van der Waals surface area contributed by atoms with E-state index >= 15 is 0 Å². The molecule has 2 aliphatic rings. The van der Waals surface area contributed by atoms with Gasteiger partial charge in [-0.3, -0.25) is 14.7 Å². The number of nitrogens with one attached hydrogen (secondary N) is 2. The van der Waals surface area contributed by atoms with Crippen LogP contribution in [0.3, 0.4) is 0 Å². The van der Waals surface area contributed by atoms with Gasteiger partial charge in [0.05, 0.1) is 17.9 Å². The van der Waals surface area contributed by atoms with Crippen LogP contribution in [0.2, 0.25) is 0 Å². The molecule has 0 radical (unpaired) electrons. The second-order valence-corrected chi connectivity index (χ2v) is 9.65. The van der Waals surface area contributed by atoms with Gasteiger partial charge >= 0.3 is 6.18 Å². The topological polar surface area (TPSA) is 87.7 Å². The number of hydrogen-bond donors (Lipinski definition) is 3. The molecule has 210 valence electrons. The molecule has 39 heavy (non-hydrogen) atoms. The summed E-state index contributed by atoms with van der Waals surface area (Å²) in [5, 5.41) is 12.2. The number of aliphatic hydroxyl groups excluding tert-OH is 1. The number of aromatic amines is 1. The molecule has 0 aliphatic carbocycles. The Labute approximate surface area is 226 Å². The molecule has 5 rings (SSSR count). The Kier molecular flexibility index (Phi) is 9.83. The number of carbonyl (C=O) groups excluding carboxylic acids is 1. The van der Waals surface area contributed by atoms with Gasteiger partial charge in [-0.05, 0) is 49.2 Å². The molecule has 0 bridgehead atoms. The first-order valence-corrected chi connectivity index (χ1v) is 13.2. The number of nitrogens with zero attached hydrogens (tertiary/aromatic N) is 4. The number of amides is 1. The molecule has 8 nitrogen and oxygen atoms in total. The smallest absolute Gasteiger partial charge is 0.395 e. The number of benzene rings is 1. The van der Waals surface area contributed by atoms with E-state index in [0.29, 0.717) is 25.3 Å². The van der Waals surface area contributed by atoms with Crippen LogP contribution >= 0.6 is 0 Å². The molecule has 2 fully saturated rings. The fourth-order valence-corrected chi connectivity index (χ4v) is 4.82. The zero-order chi connectivity index (χ0) is 27.7. The second-order valence-electron chi connectivity index (χ2n) is 9.65. The molecule has 1 aromatic carbocycles. The van der Waals surface area contributed by atoms with Gasteiger partial charge in [-0.2, -0.15) is 13.2 Å². The third-order valence-electron chi connectivity index (χ3n) is 7.02. The normalized spacial score (nSPS) is 16.9. The number of anilines is 3. The van der Waals surface area contributed by atoms with Gasteiger partial charge in [0.25, 0.3) is 0 Å². The number of piperidine rings is 1. The minimum atomic E-state index is -4.35. The van der Waals surface area contributed by atoms with Crippen molar-refractivity contribution >= 4 is 23.1 Å². The number of hydrogen-bond acceptors (Lipinski definition) is 6. The van der Waals surface area contributed by atoms with E-state index < -0.39 is 11.7 Å². The molecule has 0 spiro atoms. The number of aromatic nitrogens is 2. The van der Waals surface area contributed by atoms with Crippen LogP contribution in [0.4, 0.5) is 30.4 Å². The first-order valence-electron chi connectivity index (χ1n) is 13.2. The molecule has 3 aromatic rings. The van der Waals surface area contributed by atoms with Gasteiger partial charge in [0.2, 0.25) is 5.91 Å². The fourth-order valence-electron chi connectivity index (χ4n) is 4.82. The van der Waals surface area contributed by atoms with Crippen LogP contribution in [0.15, 0.2) is 67.1 Å². The van der Waals surface area contributed by atoms with Crippen LogP contribution in [-0.2, 0) is 11.0 Å². The van der Waals surface area contributed by atoms with Crippen LogP contribution < -0.4 is 10.2 Å². The Morgan fingerprint density at radius 1 is 0.974 bits per heavy atom. The molecule has 2 aromatic heterocycles. The number of carbonyl (C=O) groups is 1. The molecular formula is C28H35F3N6O2. The highest BCUT2D eigenvalue weighted by Crippen LogP contribution is 2.31. The molecule has 0 saturated carbocycles. The lowest BCUT2D eigenvalue weighted by Gasteiger charge is -2.38. The van der Waals surface area contributed by atoms with Gasteiger partial charge < -0.3 is 25.2 Å². The molecule has 11 heteroatoms. The molecule has 3 N–H and O–H groups in total. The summed E-state index contributed by atoms with van der Waals surface area (Å²) in [4.78, 5) is 26.2. The molecule has 2 saturated heterocycles. The number of H-pyrrole nitrogens is 1. The molecule has 0 unspecified atom stereocenters. The van der Waals surface area contributed by atoms with Gasteiger partial charge in [0.15, 0.2) is 0 Å². The summed E-state index contributed by atoms with van der Waals surface area (Å²) < 4.78 is 38.2. The monoisotopic (exact) mass is 544 g/mol. The highest BCUT2D eigenvalue weighted by atomic mass is 19.4. The average molecular weight is 545 g/mol. The van der Waals surface area contributed by atoms with Gasteiger partial charge in [-0.15, -0.1) is 0 Å². The zero-order valence-corrected chi connectivity index (χ0v) is 21.8. The second kappa shape index (κ2) is 13.5. The van der Waals surface area contributed by atoms with E-state index in [2.05, 4.69) is 25.1 Å². The minimum Gasteiger partial charge on any atom is -0.395 e. The largest absolute Gasteiger partial charge is 0.416 e. The first kappa shape index (κ1) is 28.4. The van der Waals surface area contributed by atoms with Crippen LogP contribution in [0, 0.1) is 5.92 Å². The van der Waals surface area contributed by atoms with E-state index in [0.717, 1.165) is 62.7 Å². The number of pyridine rings is 1. The highest BCUT2D eigenvalue weighted by molar-refractivity contribution is 5.79. The number of halogens is 3. The van der Waals surface area contributed by atoms with Crippen LogP contribution in [0.25, 0.3) is 0 Å². The van der Waals surface area contributed by atoms with Crippen molar-refractivity contribution in [3.8, 4) is 0 Å². The van der Waals surface area contributed by atoms with Gasteiger partial charge in [-0.1, -0.05) is 6.07 Å². The predicted molar refractivity (Wildman–Crippen MR) is 145 cm³/mol. The summed E-state index contributed by atoms with van der Waals surface area (Å²) in [6.07, 6.45) is 2.52. The predicted octanol–water partition coefficient (Wildman–Crippen LogP) is 4.21. The Morgan fingerprint density at radius 2 is 1.64 bits per heavy atom. The van der Waals surface area contributed by atoms with Crippen molar-refractivity contribution in [3.05, 3.63) is 72.7 Å². The van der Waals surface area contributed by atoms with E-state index in [1.165, 1.54) is 12.1 Å². The lowest BCUT2D eigenvalue weighted by molar-refractivity contribution is -0.138. The standard InChI is InChI=1S/C23H30F3N5O2.C5H5N/c24-23(25,26)18-1-3-19(4-2-18)28-20-15-21(27-16-20)30-7-5-17(6-8-30)22(33)31-11-9-29(10-12-31)13-14-32;1-2-4-6-5-3-1/h1-4,15-17,27-28,32H,5-14H2;1-5H. The van der Waals surface area contributed by atoms with Crippen molar-refractivity contribution in [2.24, 2.45) is 5.92 Å². The quantitative estimate of drug-likeness (QED) is 0.431. The van der Waals surface area contributed by atoms with Crippen molar-refractivity contribution in [1.82, 2.24) is 19.8 Å². The van der Waals surface area contributed by atoms with Crippen molar-refractivity contribution in [3.63, 3.8) is 0 Å². The Balaban J connectivity index is 0.000000519. The molecule has 2 aliphatic heterocycles. The number of aliphatic hydroxyl groups is 1. The van der Waals surface area contributed by atoms with E-state index in [1.54, 1.807) is 18.6 Å². The lowest BCUT2D eigenvalue weighted by atomic mass is 9.95. The summed E-state index contributed by atoms with van der Waals surface area (Å²) in [5.41, 5.74) is 0.674. The van der Waals surface area contributed by atoms with Gasteiger partial charge in [0.1, 0.15) is 5.82 Å². The average Bonchev–Trinajstić information content (AvgIpc) is 3.43. The maximum atomic E-state index is 12.9. The Morgan fingerprint density at radius 3 is 2.18 bits per heavy atom. The summed E-state index contributed by atoms with van der Waals surface area (Å²) in [5.74, 6) is 1.19. The molecule has 0 atom stereocenters. The molecule has 1 amide bonds. The van der Waals surface area contributed by atoms with E-state index in [4.69, 9.17) is 5.11 Å². The van der Waals surface area contributed by atoms with E-state index in [9.17, 15) is 18.0 Å². The minimum absolute atomic E-state index is 0.0327. The maximum absolute atomic E-state index is 12.9. The third kappa shape index (κ3) is 8.21. The summed E-state index contributed by atoms with van der Waals surface area (Å²) >= 11 is 0. The maximum Gasteiger partial charge on any atom is 0.416 e. The highest BCUT2D eigenvalue weighted by Gasteiger charge is 2.31. The van der Waals surface area contributed by atoms with E-state index in [1.807, 2.05) is 29.2 Å². The van der Waals surface area contributed by atoms with Crippen LogP contribution in [0.5, 0.6) is 0 Å². The lowest BCUT2D eigenvalue weighted by Crippen LogP contribution is -2.52. The summed E-state index contributed by atoms with van der Waals surface area (Å²) in [7, 11) is 0. The number of rotatable bonds is 6. The van der Waals surface area contributed by atoms with Gasteiger partial charge in [0, 0.05) is 82.1 Å². The fraction of sp³-hybridized carbons (Fsp3) is 0.429. The summed E-state index contributed by atoms with van der Waals surface area (Å²) in [6.45, 7) is 5.38. The molecule has 4 heterocycles. The molecular weight excluding hydrogens is 509 g/mol. The Bertz CT molecular complexity index is 1110. The number of alkyl halides is 3. The van der Waals surface area contributed by atoms with Crippen molar-refractivity contribution in [2.45, 2.75) is 19.0 Å². The summed E-state index contributed by atoms with van der Waals surface area (Å²) in [6, 6.07) is 12.6. The Hall–Kier alpha value is -3.57. The first-order chi connectivity index (χ1) is 18.8.